The van der Waals surface area contributed by atoms with Crippen molar-refractivity contribution < 1.29 is 9.59 Å². The molecule has 0 saturated carbocycles. The van der Waals surface area contributed by atoms with Crippen molar-refractivity contribution in [2.24, 2.45) is 9.98 Å². The van der Waals surface area contributed by atoms with Gasteiger partial charge >= 0.3 is 11.8 Å². The zero-order valence-electron chi connectivity index (χ0n) is 5.94. The molecule has 12 heavy (non-hydrogen) atoms. The molecule has 0 aliphatic carbocycles. The van der Waals surface area contributed by atoms with Gasteiger partial charge in [-0.2, -0.15) is 0 Å². The molecule has 2 amide bonds. The zero-order valence-corrected chi connectivity index (χ0v) is 5.94. The van der Waals surface area contributed by atoms with Crippen LogP contribution in [0.3, 0.4) is 0 Å². The largest absolute Gasteiger partial charge is 0.338 e. The van der Waals surface area contributed by atoms with Crippen LogP contribution in [0.15, 0.2) is 28.2 Å². The van der Waals surface area contributed by atoms with Crippen molar-refractivity contribution in [3.8, 4) is 0 Å². The predicted molar refractivity (Wildman–Crippen MR) is 37.6 cm³/mol. The van der Waals surface area contributed by atoms with E-state index in [-0.39, 0.29) is 0 Å². The Morgan fingerprint density at radius 3 is 2.75 bits per heavy atom. The van der Waals surface area contributed by atoms with Crippen LogP contribution < -0.4 is 10.7 Å². The fourth-order valence-corrected chi connectivity index (χ4v) is 0.906. The lowest BCUT2D eigenvalue weighted by Crippen LogP contribution is -2.34. The number of hydrogen-bond donors (Lipinski definition) is 0. The Hall–Kier alpha value is -1.84. The van der Waals surface area contributed by atoms with Crippen molar-refractivity contribution in [2.45, 2.75) is 0 Å². The van der Waals surface area contributed by atoms with Gasteiger partial charge in [0.05, 0.1) is 5.36 Å². The number of para-hydroxylation sites is 1. The highest BCUT2D eigenvalue weighted by Crippen LogP contribution is 1.83. The molecule has 2 rings (SSSR count). The molecule has 0 bridgehead atoms. The van der Waals surface area contributed by atoms with Gasteiger partial charge in [-0.1, -0.05) is 12.1 Å². The maximum Gasteiger partial charge on any atom is 0.338 e. The van der Waals surface area contributed by atoms with E-state index in [4.69, 9.17) is 0 Å². The molecule has 57 valence electrons. The Labute approximate surface area is 67.3 Å². The molecule has 1 radical (unpaired) electrons. The number of nitrogens with zero attached hydrogens (tertiary/aromatic N) is 2. The first-order chi connectivity index (χ1) is 5.77. The van der Waals surface area contributed by atoms with Crippen molar-refractivity contribution in [3.63, 3.8) is 0 Å². The summed E-state index contributed by atoms with van der Waals surface area (Å²) in [4.78, 5) is 28.5. The second-order valence-electron chi connectivity index (χ2n) is 2.24. The van der Waals surface area contributed by atoms with E-state index in [0.29, 0.717) is 10.7 Å². The number of benzene rings is 1. The highest BCUT2D eigenvalue weighted by Gasteiger charge is 2.13. The first-order valence-corrected chi connectivity index (χ1v) is 3.30. The highest BCUT2D eigenvalue weighted by molar-refractivity contribution is 6.36. The van der Waals surface area contributed by atoms with Gasteiger partial charge in [0.15, 0.2) is 0 Å². The monoisotopic (exact) mass is 159 g/mol. The van der Waals surface area contributed by atoms with E-state index in [2.05, 4.69) is 16.1 Å². The summed E-state index contributed by atoms with van der Waals surface area (Å²) in [6.07, 6.45) is 0. The van der Waals surface area contributed by atoms with Crippen molar-refractivity contribution in [2.75, 3.05) is 0 Å². The average molecular weight is 159 g/mol. The molecule has 0 fully saturated rings. The van der Waals surface area contributed by atoms with Crippen LogP contribution in [0.2, 0.25) is 0 Å². The smallest absolute Gasteiger partial charge is 0.261 e. The first kappa shape index (κ1) is 6.84. The van der Waals surface area contributed by atoms with Gasteiger partial charge in [-0.25, -0.2) is 9.98 Å². The molecule has 1 aliphatic rings. The van der Waals surface area contributed by atoms with Crippen molar-refractivity contribution >= 4 is 11.8 Å². The number of amides is 2. The number of carbonyl (C=O) groups excluding carboxylic acids is 2. The molecule has 4 heteroatoms. The van der Waals surface area contributed by atoms with Crippen molar-refractivity contribution in [1.82, 2.24) is 0 Å². The molecular weight excluding hydrogens is 156 g/mol. The molecule has 4 nitrogen and oxygen atoms in total. The number of hydrogen-bond acceptors (Lipinski definition) is 2. The second kappa shape index (κ2) is 2.34. The zero-order chi connectivity index (χ0) is 8.55. The van der Waals surface area contributed by atoms with Crippen LogP contribution in [0.4, 0.5) is 0 Å². The quantitative estimate of drug-likeness (QED) is 0.446. The van der Waals surface area contributed by atoms with E-state index in [1.54, 1.807) is 18.2 Å². The van der Waals surface area contributed by atoms with Gasteiger partial charge in [0.1, 0.15) is 5.36 Å². The van der Waals surface area contributed by atoms with E-state index >= 15 is 0 Å². The lowest BCUT2D eigenvalue weighted by molar-refractivity contribution is -0.135. The fourth-order valence-electron chi connectivity index (χ4n) is 0.906. The summed E-state index contributed by atoms with van der Waals surface area (Å²) in [7, 11) is 0. The summed E-state index contributed by atoms with van der Waals surface area (Å²) in [6, 6.07) is 7.61. The SMILES string of the molecule is O=C1N=c2[c]cccc2=NC1=O. The molecule has 1 aliphatic heterocycles. The van der Waals surface area contributed by atoms with E-state index in [1.165, 1.54) is 0 Å². The maximum atomic E-state index is 10.7. The second-order valence-corrected chi connectivity index (χ2v) is 2.24. The van der Waals surface area contributed by atoms with Gasteiger partial charge in [0.2, 0.25) is 0 Å². The summed E-state index contributed by atoms with van der Waals surface area (Å²) < 4.78 is 0. The molecule has 0 saturated heterocycles. The van der Waals surface area contributed by atoms with E-state index in [9.17, 15) is 9.59 Å². The molecule has 1 aromatic carbocycles. The van der Waals surface area contributed by atoms with Crippen LogP contribution in [-0.2, 0) is 9.59 Å². The molecule has 0 spiro atoms. The topological polar surface area (TPSA) is 58.9 Å². The molecule has 0 atom stereocenters. The molecule has 1 aromatic rings. The van der Waals surface area contributed by atoms with Gasteiger partial charge in [-0.3, -0.25) is 9.59 Å². The molecule has 0 aromatic heterocycles. The third kappa shape index (κ3) is 0.934. The van der Waals surface area contributed by atoms with Gasteiger partial charge in [0, 0.05) is 6.07 Å². The first-order valence-electron chi connectivity index (χ1n) is 3.30. The highest BCUT2D eigenvalue weighted by atomic mass is 16.2. The van der Waals surface area contributed by atoms with Crippen molar-refractivity contribution in [3.05, 3.63) is 35.0 Å². The lowest BCUT2D eigenvalue weighted by Gasteiger charge is -1.94. The summed E-state index contributed by atoms with van der Waals surface area (Å²) in [5.41, 5.74) is 0. The molecular formula is C8H3N2O2. The Bertz CT molecular complexity index is 431. The van der Waals surface area contributed by atoms with Crippen LogP contribution in [0, 0.1) is 6.07 Å². The summed E-state index contributed by atoms with van der Waals surface area (Å²) >= 11 is 0. The Morgan fingerprint density at radius 2 is 1.92 bits per heavy atom. The Kier molecular flexibility index (Phi) is 1.33. The minimum Gasteiger partial charge on any atom is -0.261 e. The van der Waals surface area contributed by atoms with Gasteiger partial charge in [0.25, 0.3) is 0 Å². The average Bonchev–Trinajstić information content (AvgIpc) is 2.07. The van der Waals surface area contributed by atoms with Gasteiger partial charge in [-0.05, 0) is 6.07 Å². The lowest BCUT2D eigenvalue weighted by atomic mass is 10.3. The molecule has 0 unspecified atom stereocenters. The standard InChI is InChI=1S/C8H3N2O2/c11-7-8(12)10-6-4-2-1-3-5(6)9-7/h1-3H. The Balaban J connectivity index is 2.87. The molecule has 1 heterocycles. The number of carbonyl (C=O) groups is 2. The van der Waals surface area contributed by atoms with Gasteiger partial charge in [-0.15, -0.1) is 0 Å². The minimum atomic E-state index is -0.829. The van der Waals surface area contributed by atoms with E-state index < -0.39 is 11.8 Å². The maximum absolute atomic E-state index is 10.7. The third-order valence-electron chi connectivity index (χ3n) is 1.43. The van der Waals surface area contributed by atoms with Crippen LogP contribution in [-0.4, -0.2) is 11.8 Å². The van der Waals surface area contributed by atoms with Crippen LogP contribution in [0.1, 0.15) is 0 Å². The summed E-state index contributed by atoms with van der Waals surface area (Å²) in [6.45, 7) is 0. The minimum absolute atomic E-state index is 0.335. The van der Waals surface area contributed by atoms with Crippen LogP contribution >= 0.6 is 0 Å². The normalized spacial score (nSPS) is 14.7. The van der Waals surface area contributed by atoms with Crippen LogP contribution in [0.5, 0.6) is 0 Å². The Morgan fingerprint density at radius 1 is 1.17 bits per heavy atom. The summed E-state index contributed by atoms with van der Waals surface area (Å²) in [5, 5.41) is 0.740. The number of fused-ring (bicyclic) bond motifs is 1. The van der Waals surface area contributed by atoms with E-state index in [1.807, 2.05) is 0 Å². The van der Waals surface area contributed by atoms with E-state index in [0.717, 1.165) is 0 Å². The molecule has 0 N–H and O–H groups in total. The summed E-state index contributed by atoms with van der Waals surface area (Å²) in [5.74, 6) is -1.65. The fraction of sp³-hybridized carbons (Fsp3) is 0. The third-order valence-corrected chi connectivity index (χ3v) is 1.43. The predicted octanol–water partition coefficient (Wildman–Crippen LogP) is -1.21. The van der Waals surface area contributed by atoms with Crippen LogP contribution in [0.25, 0.3) is 0 Å². The van der Waals surface area contributed by atoms with Gasteiger partial charge < -0.3 is 0 Å². The van der Waals surface area contributed by atoms with Crippen molar-refractivity contribution in [1.29, 1.82) is 0 Å². The number of rotatable bonds is 0.